The van der Waals surface area contributed by atoms with E-state index in [0.29, 0.717) is 19.4 Å². The molecule has 1 fully saturated rings. The summed E-state index contributed by atoms with van der Waals surface area (Å²) in [5.74, 6) is 0.287. The first-order valence-corrected chi connectivity index (χ1v) is 9.71. The molecule has 0 spiro atoms. The number of ether oxygens (including phenoxy) is 1. The van der Waals surface area contributed by atoms with Crippen LogP contribution >= 0.6 is 11.6 Å². The third kappa shape index (κ3) is 5.75. The number of rotatable bonds is 9. The summed E-state index contributed by atoms with van der Waals surface area (Å²) >= 11 is 6.47. The minimum absolute atomic E-state index is 0.000163. The number of unbranched alkanes of at least 4 members (excludes halogenated alkanes) is 1. The van der Waals surface area contributed by atoms with Gasteiger partial charge in [-0.1, -0.05) is 30.4 Å². The van der Waals surface area contributed by atoms with E-state index < -0.39 is 12.1 Å². The number of halogens is 1. The van der Waals surface area contributed by atoms with E-state index in [4.69, 9.17) is 21.4 Å². The summed E-state index contributed by atoms with van der Waals surface area (Å²) in [7, 11) is 0. The van der Waals surface area contributed by atoms with Gasteiger partial charge in [-0.25, -0.2) is 0 Å². The zero-order valence-corrected chi connectivity index (χ0v) is 16.3. The first-order chi connectivity index (χ1) is 12.4. The Bertz CT molecular complexity index is 608. The van der Waals surface area contributed by atoms with Gasteiger partial charge in [-0.2, -0.15) is 0 Å². The average molecular weight is 381 g/mol. The molecule has 1 aliphatic carbocycles. The molecule has 0 radical (unpaired) electrons. The summed E-state index contributed by atoms with van der Waals surface area (Å²) in [6, 6.07) is 6.05. The van der Waals surface area contributed by atoms with Gasteiger partial charge in [0, 0.05) is 17.7 Å². The predicted octanol–water partition coefficient (Wildman–Crippen LogP) is 4.49. The van der Waals surface area contributed by atoms with E-state index in [1.54, 1.807) is 0 Å². The van der Waals surface area contributed by atoms with Crippen LogP contribution in [0.5, 0.6) is 5.75 Å². The summed E-state index contributed by atoms with van der Waals surface area (Å²) in [5.41, 5.74) is 2.18. The average Bonchev–Trinajstić information content (AvgIpc) is 2.83. The lowest BCUT2D eigenvalue weighted by Crippen LogP contribution is -2.27. The van der Waals surface area contributed by atoms with Gasteiger partial charge in [0.15, 0.2) is 0 Å². The molecule has 0 aromatic heterocycles. The number of carboxylic acids is 1. The van der Waals surface area contributed by atoms with Crippen LogP contribution < -0.4 is 4.74 Å². The number of aliphatic hydroxyl groups excluding tert-OH is 1. The largest absolute Gasteiger partial charge is 0.493 e. The summed E-state index contributed by atoms with van der Waals surface area (Å²) in [5, 5.41) is 19.0. The Morgan fingerprint density at radius 1 is 1.27 bits per heavy atom. The van der Waals surface area contributed by atoms with Crippen molar-refractivity contribution in [1.29, 1.82) is 0 Å². The number of aliphatic hydroxyl groups is 1. The zero-order valence-electron chi connectivity index (χ0n) is 15.5. The molecule has 26 heavy (non-hydrogen) atoms. The highest BCUT2D eigenvalue weighted by atomic mass is 35.5. The molecule has 4 nitrogen and oxygen atoms in total. The van der Waals surface area contributed by atoms with E-state index in [-0.39, 0.29) is 23.6 Å². The van der Waals surface area contributed by atoms with Gasteiger partial charge in [0.25, 0.3) is 0 Å². The Kier molecular flexibility index (Phi) is 7.98. The fraction of sp³-hybridized carbons (Fsp3) is 0.571. The lowest BCUT2D eigenvalue weighted by atomic mass is 9.92. The third-order valence-corrected chi connectivity index (χ3v) is 5.64. The van der Waals surface area contributed by atoms with Gasteiger partial charge in [-0.05, 0) is 56.6 Å². The standard InChI is InChI=1S/C21H29ClO4/c1-14-8-7-9-15(2)21(14)26-13-17-16(18(22)12-19(17)23)10-5-3-4-6-11-20(24)25/h3,5,7-9,16-19,23H,4,6,10-13H2,1-2H3,(H,24,25)/t16-,17-,18-,19-/m1/s1. The Morgan fingerprint density at radius 3 is 2.62 bits per heavy atom. The Hall–Kier alpha value is -1.52. The van der Waals surface area contributed by atoms with Crippen molar-refractivity contribution in [1.82, 2.24) is 0 Å². The van der Waals surface area contributed by atoms with Crippen molar-refractivity contribution in [2.24, 2.45) is 11.8 Å². The van der Waals surface area contributed by atoms with Gasteiger partial charge in [-0.15, -0.1) is 11.6 Å². The molecule has 0 bridgehead atoms. The number of carboxylic acid groups (broad SMARTS) is 1. The van der Waals surface area contributed by atoms with Gasteiger partial charge in [0.05, 0.1) is 12.7 Å². The predicted molar refractivity (Wildman–Crippen MR) is 104 cm³/mol. The van der Waals surface area contributed by atoms with Crippen LogP contribution in [-0.2, 0) is 4.79 Å². The van der Waals surface area contributed by atoms with Gasteiger partial charge < -0.3 is 14.9 Å². The normalized spacial score (nSPS) is 25.7. The molecule has 144 valence electrons. The van der Waals surface area contributed by atoms with E-state index in [0.717, 1.165) is 29.7 Å². The fourth-order valence-electron chi connectivity index (χ4n) is 3.64. The molecule has 0 amide bonds. The molecule has 0 unspecified atom stereocenters. The maximum Gasteiger partial charge on any atom is 0.303 e. The summed E-state index contributed by atoms with van der Waals surface area (Å²) in [6.45, 7) is 4.50. The second-order valence-electron chi connectivity index (χ2n) is 7.17. The maximum absolute atomic E-state index is 10.5. The van der Waals surface area contributed by atoms with Crippen molar-refractivity contribution in [2.45, 2.75) is 57.4 Å². The molecule has 0 saturated heterocycles. The van der Waals surface area contributed by atoms with E-state index in [1.807, 2.05) is 38.1 Å². The molecule has 2 rings (SSSR count). The van der Waals surface area contributed by atoms with E-state index >= 15 is 0 Å². The number of carbonyl (C=O) groups is 1. The van der Waals surface area contributed by atoms with Crippen molar-refractivity contribution in [3.05, 3.63) is 41.5 Å². The Balaban J connectivity index is 1.90. The van der Waals surface area contributed by atoms with Crippen molar-refractivity contribution < 1.29 is 19.7 Å². The first kappa shape index (κ1) is 20.8. The van der Waals surface area contributed by atoms with Crippen molar-refractivity contribution >= 4 is 17.6 Å². The number of allylic oxidation sites excluding steroid dienone is 2. The van der Waals surface area contributed by atoms with Crippen LogP contribution in [0.2, 0.25) is 0 Å². The molecule has 1 aliphatic rings. The summed E-state index contributed by atoms with van der Waals surface area (Å²) in [6.07, 6.45) is 6.57. The van der Waals surface area contributed by atoms with Crippen LogP contribution in [0.4, 0.5) is 0 Å². The molecule has 4 atom stereocenters. The molecule has 5 heteroatoms. The van der Waals surface area contributed by atoms with Crippen LogP contribution in [-0.4, -0.2) is 34.3 Å². The van der Waals surface area contributed by atoms with Crippen LogP contribution in [0.15, 0.2) is 30.4 Å². The number of benzene rings is 1. The lowest BCUT2D eigenvalue weighted by Gasteiger charge is -2.23. The highest BCUT2D eigenvalue weighted by Crippen LogP contribution is 2.39. The van der Waals surface area contributed by atoms with E-state index in [2.05, 4.69) is 6.08 Å². The minimum atomic E-state index is -0.762. The van der Waals surface area contributed by atoms with Crippen LogP contribution in [0.1, 0.15) is 43.2 Å². The summed E-state index contributed by atoms with van der Waals surface area (Å²) in [4.78, 5) is 10.5. The SMILES string of the molecule is Cc1cccc(C)c1OC[C@@H]1[C@@H](CC=CCCCC(=O)O)[C@H](Cl)C[C@H]1O. The molecule has 0 aliphatic heterocycles. The zero-order chi connectivity index (χ0) is 19.1. The number of hydrogen-bond acceptors (Lipinski definition) is 3. The van der Waals surface area contributed by atoms with Gasteiger partial charge in [0.1, 0.15) is 5.75 Å². The second kappa shape index (κ2) is 9.98. The fourth-order valence-corrected chi connectivity index (χ4v) is 4.11. The van der Waals surface area contributed by atoms with Crippen molar-refractivity contribution in [3.63, 3.8) is 0 Å². The molecule has 0 heterocycles. The van der Waals surface area contributed by atoms with Crippen LogP contribution in [0, 0.1) is 25.7 Å². The highest BCUT2D eigenvalue weighted by Gasteiger charge is 2.41. The maximum atomic E-state index is 10.5. The smallest absolute Gasteiger partial charge is 0.303 e. The molecule has 1 aromatic rings. The topological polar surface area (TPSA) is 66.8 Å². The molecule has 1 aromatic carbocycles. The van der Waals surface area contributed by atoms with Gasteiger partial charge in [0.2, 0.25) is 0 Å². The number of aliphatic carboxylic acids is 1. The highest BCUT2D eigenvalue weighted by molar-refractivity contribution is 6.21. The lowest BCUT2D eigenvalue weighted by molar-refractivity contribution is -0.137. The Morgan fingerprint density at radius 2 is 1.96 bits per heavy atom. The van der Waals surface area contributed by atoms with Gasteiger partial charge in [-0.3, -0.25) is 4.79 Å². The van der Waals surface area contributed by atoms with E-state index in [1.165, 1.54) is 0 Å². The molecule has 1 saturated carbocycles. The molecular formula is C21H29ClO4. The molecule has 2 N–H and O–H groups in total. The quantitative estimate of drug-likeness (QED) is 0.376. The Labute approximate surface area is 160 Å². The van der Waals surface area contributed by atoms with Gasteiger partial charge >= 0.3 is 5.97 Å². The van der Waals surface area contributed by atoms with Crippen molar-refractivity contribution in [3.8, 4) is 5.75 Å². The number of hydrogen-bond donors (Lipinski definition) is 2. The third-order valence-electron chi connectivity index (χ3n) is 5.14. The van der Waals surface area contributed by atoms with E-state index in [9.17, 15) is 9.90 Å². The number of aryl methyl sites for hydroxylation is 2. The molecular weight excluding hydrogens is 352 g/mol. The second-order valence-corrected chi connectivity index (χ2v) is 7.73. The van der Waals surface area contributed by atoms with Crippen LogP contribution in [0.3, 0.4) is 0 Å². The number of para-hydroxylation sites is 1. The monoisotopic (exact) mass is 380 g/mol. The number of alkyl halides is 1. The van der Waals surface area contributed by atoms with Crippen molar-refractivity contribution in [2.75, 3.05) is 6.61 Å². The first-order valence-electron chi connectivity index (χ1n) is 9.28. The minimum Gasteiger partial charge on any atom is -0.493 e. The van der Waals surface area contributed by atoms with Crippen LogP contribution in [0.25, 0.3) is 0 Å². The summed E-state index contributed by atoms with van der Waals surface area (Å²) < 4.78 is 6.06.